The quantitative estimate of drug-likeness (QED) is 0.758. The van der Waals surface area contributed by atoms with Gasteiger partial charge in [0.15, 0.2) is 5.78 Å². The summed E-state index contributed by atoms with van der Waals surface area (Å²) in [6.07, 6.45) is 2.74. The average molecular weight is 303 g/mol. The number of hydrogen-bond donors (Lipinski definition) is 0. The van der Waals surface area contributed by atoms with E-state index in [1.54, 1.807) is 0 Å². The van der Waals surface area contributed by atoms with Crippen LogP contribution in [0.1, 0.15) is 41.8 Å². The zero-order valence-corrected chi connectivity index (χ0v) is 13.8. The van der Waals surface area contributed by atoms with E-state index in [9.17, 15) is 4.79 Å². The van der Waals surface area contributed by atoms with E-state index in [0.717, 1.165) is 34.5 Å². The molecule has 0 saturated carbocycles. The normalized spacial score (nSPS) is 15.7. The first-order valence-electron chi connectivity index (χ1n) is 8.04. The van der Waals surface area contributed by atoms with Crippen LogP contribution in [0.2, 0.25) is 0 Å². The molecule has 0 aliphatic heterocycles. The number of carbonyl (C=O) groups excluding carboxylic acids is 1. The number of aliphatic imine (C=N–C) groups is 1. The van der Waals surface area contributed by atoms with Crippen molar-refractivity contribution in [3.63, 3.8) is 0 Å². The lowest BCUT2D eigenvalue weighted by atomic mass is 9.85. The summed E-state index contributed by atoms with van der Waals surface area (Å²) >= 11 is 0. The van der Waals surface area contributed by atoms with E-state index < -0.39 is 0 Å². The number of allylic oxidation sites excluding steroid dienone is 2. The van der Waals surface area contributed by atoms with Crippen LogP contribution >= 0.6 is 0 Å². The SMILES string of the molecule is Cc1ccc(N=C2C=C(CC(C)C)C(=O)c3ccccc32)cc1. The van der Waals surface area contributed by atoms with Crippen molar-refractivity contribution < 1.29 is 4.79 Å². The van der Waals surface area contributed by atoms with E-state index in [1.165, 1.54) is 5.56 Å². The Kier molecular flexibility index (Phi) is 4.24. The lowest BCUT2D eigenvalue weighted by molar-refractivity contribution is 0.102. The largest absolute Gasteiger partial charge is 0.289 e. The fourth-order valence-corrected chi connectivity index (χ4v) is 2.83. The summed E-state index contributed by atoms with van der Waals surface area (Å²) in [5.74, 6) is 0.577. The summed E-state index contributed by atoms with van der Waals surface area (Å²) in [6, 6.07) is 15.9. The summed E-state index contributed by atoms with van der Waals surface area (Å²) in [4.78, 5) is 17.5. The summed E-state index contributed by atoms with van der Waals surface area (Å²) < 4.78 is 0. The van der Waals surface area contributed by atoms with Crippen molar-refractivity contribution in [3.05, 3.63) is 76.9 Å². The molecule has 116 valence electrons. The second-order valence-corrected chi connectivity index (χ2v) is 6.47. The van der Waals surface area contributed by atoms with Crippen LogP contribution in [-0.2, 0) is 0 Å². The molecule has 2 heteroatoms. The first-order valence-corrected chi connectivity index (χ1v) is 8.04. The van der Waals surface area contributed by atoms with Crippen LogP contribution in [0.15, 0.2) is 65.2 Å². The van der Waals surface area contributed by atoms with Crippen LogP contribution in [0.5, 0.6) is 0 Å². The van der Waals surface area contributed by atoms with Crippen molar-refractivity contribution in [1.29, 1.82) is 0 Å². The van der Waals surface area contributed by atoms with Gasteiger partial charge in [-0.2, -0.15) is 0 Å². The van der Waals surface area contributed by atoms with Gasteiger partial charge in [-0.1, -0.05) is 55.8 Å². The number of benzene rings is 2. The van der Waals surface area contributed by atoms with Gasteiger partial charge >= 0.3 is 0 Å². The van der Waals surface area contributed by atoms with Gasteiger partial charge < -0.3 is 0 Å². The van der Waals surface area contributed by atoms with E-state index in [1.807, 2.05) is 42.5 Å². The molecule has 0 heterocycles. The monoisotopic (exact) mass is 303 g/mol. The van der Waals surface area contributed by atoms with Gasteiger partial charge in [0.2, 0.25) is 0 Å². The second kappa shape index (κ2) is 6.33. The van der Waals surface area contributed by atoms with Gasteiger partial charge in [0.05, 0.1) is 11.4 Å². The lowest BCUT2D eigenvalue weighted by Crippen LogP contribution is -2.18. The number of hydrogen-bond acceptors (Lipinski definition) is 2. The Morgan fingerprint density at radius 2 is 1.61 bits per heavy atom. The first kappa shape index (κ1) is 15.4. The molecule has 0 amide bonds. The molecule has 0 radical (unpaired) electrons. The molecule has 2 aromatic carbocycles. The van der Waals surface area contributed by atoms with E-state index in [2.05, 4.69) is 32.9 Å². The minimum absolute atomic E-state index is 0.136. The summed E-state index contributed by atoms with van der Waals surface area (Å²) in [5.41, 5.74) is 5.53. The summed E-state index contributed by atoms with van der Waals surface area (Å²) in [5, 5.41) is 0. The minimum Gasteiger partial charge on any atom is -0.289 e. The highest BCUT2D eigenvalue weighted by Crippen LogP contribution is 2.27. The summed E-state index contributed by atoms with van der Waals surface area (Å²) in [7, 11) is 0. The van der Waals surface area contributed by atoms with Crippen molar-refractivity contribution in [2.24, 2.45) is 10.9 Å². The first-order chi connectivity index (χ1) is 11.0. The summed E-state index contributed by atoms with van der Waals surface area (Å²) in [6.45, 7) is 6.32. The van der Waals surface area contributed by atoms with E-state index in [0.29, 0.717) is 5.92 Å². The molecule has 1 aliphatic carbocycles. The molecule has 0 atom stereocenters. The highest BCUT2D eigenvalue weighted by atomic mass is 16.1. The molecule has 0 spiro atoms. The Hall–Kier alpha value is -2.48. The molecule has 0 unspecified atom stereocenters. The minimum atomic E-state index is 0.136. The molecule has 0 N–H and O–H groups in total. The molecular formula is C21H21NO. The van der Waals surface area contributed by atoms with Gasteiger partial charge in [-0.25, -0.2) is 4.99 Å². The number of fused-ring (bicyclic) bond motifs is 1. The van der Waals surface area contributed by atoms with E-state index in [4.69, 9.17) is 4.99 Å². The number of rotatable bonds is 3. The number of nitrogens with zero attached hydrogens (tertiary/aromatic N) is 1. The number of carbonyl (C=O) groups is 1. The van der Waals surface area contributed by atoms with E-state index in [-0.39, 0.29) is 5.78 Å². The fourth-order valence-electron chi connectivity index (χ4n) is 2.83. The standard InChI is InChI=1S/C21H21NO/c1-14(2)12-16-13-20(22-17-10-8-15(3)9-11-17)18-6-4-5-7-19(18)21(16)23/h4-11,13-14H,12H2,1-3H3. The van der Waals surface area contributed by atoms with Crippen molar-refractivity contribution in [2.75, 3.05) is 0 Å². The fraction of sp³-hybridized carbons (Fsp3) is 0.238. The molecular weight excluding hydrogens is 282 g/mol. The van der Waals surface area contributed by atoms with Crippen LogP contribution < -0.4 is 0 Å². The molecule has 0 fully saturated rings. The molecule has 0 saturated heterocycles. The number of Topliss-reactive ketones (excluding diaryl/α,β-unsaturated/α-hetero) is 1. The van der Waals surface area contributed by atoms with Gasteiger partial charge in [-0.3, -0.25) is 4.79 Å². The molecule has 0 bridgehead atoms. The topological polar surface area (TPSA) is 29.4 Å². The van der Waals surface area contributed by atoms with Crippen LogP contribution in [-0.4, -0.2) is 11.5 Å². The van der Waals surface area contributed by atoms with Gasteiger partial charge in [-0.05, 0) is 37.5 Å². The Morgan fingerprint density at radius 3 is 2.26 bits per heavy atom. The maximum absolute atomic E-state index is 12.7. The zero-order valence-electron chi connectivity index (χ0n) is 13.8. The van der Waals surface area contributed by atoms with Crippen molar-refractivity contribution in [2.45, 2.75) is 27.2 Å². The predicted octanol–water partition coefficient (Wildman–Crippen LogP) is 5.28. The van der Waals surface area contributed by atoms with Gasteiger partial charge in [0.1, 0.15) is 0 Å². The lowest BCUT2D eigenvalue weighted by Gasteiger charge is -2.18. The molecule has 2 aromatic rings. The maximum atomic E-state index is 12.7. The van der Waals surface area contributed by atoms with Gasteiger partial charge in [-0.15, -0.1) is 0 Å². The average Bonchev–Trinajstić information content (AvgIpc) is 2.53. The van der Waals surface area contributed by atoms with Crippen molar-refractivity contribution in [1.82, 2.24) is 0 Å². The Balaban J connectivity index is 2.10. The number of aryl methyl sites for hydroxylation is 1. The van der Waals surface area contributed by atoms with Gasteiger partial charge in [0, 0.05) is 16.7 Å². The molecule has 0 aromatic heterocycles. The second-order valence-electron chi connectivity index (χ2n) is 6.47. The highest BCUT2D eigenvalue weighted by Gasteiger charge is 2.24. The van der Waals surface area contributed by atoms with Crippen LogP contribution in [0, 0.1) is 12.8 Å². The third-order valence-corrected chi connectivity index (χ3v) is 3.96. The Bertz CT molecular complexity index is 795. The number of ketones is 1. The zero-order chi connectivity index (χ0) is 16.4. The molecule has 2 nitrogen and oxygen atoms in total. The van der Waals surface area contributed by atoms with Crippen LogP contribution in [0.4, 0.5) is 5.69 Å². The molecule has 3 rings (SSSR count). The van der Waals surface area contributed by atoms with Crippen molar-refractivity contribution in [3.8, 4) is 0 Å². The van der Waals surface area contributed by atoms with E-state index >= 15 is 0 Å². The predicted molar refractivity (Wildman–Crippen MR) is 95.7 cm³/mol. The maximum Gasteiger partial charge on any atom is 0.189 e. The van der Waals surface area contributed by atoms with Gasteiger partial charge in [0.25, 0.3) is 0 Å². The van der Waals surface area contributed by atoms with Crippen LogP contribution in [0.3, 0.4) is 0 Å². The Morgan fingerprint density at radius 1 is 0.957 bits per heavy atom. The smallest absolute Gasteiger partial charge is 0.189 e. The Labute approximate surface area is 137 Å². The molecule has 1 aliphatic rings. The molecule has 23 heavy (non-hydrogen) atoms. The van der Waals surface area contributed by atoms with Crippen molar-refractivity contribution >= 4 is 17.2 Å². The third kappa shape index (κ3) is 3.31. The van der Waals surface area contributed by atoms with Crippen LogP contribution in [0.25, 0.3) is 0 Å². The highest BCUT2D eigenvalue weighted by molar-refractivity contribution is 6.26. The third-order valence-electron chi connectivity index (χ3n) is 3.96.